The fourth-order valence-electron chi connectivity index (χ4n) is 2.44. The second-order valence-corrected chi connectivity index (χ2v) is 5.03. The summed E-state index contributed by atoms with van der Waals surface area (Å²) in [5, 5.41) is 9.37. The molecule has 3 aromatic rings. The highest BCUT2D eigenvalue weighted by Gasteiger charge is 2.15. The Morgan fingerprint density at radius 3 is 2.71 bits per heavy atom. The van der Waals surface area contributed by atoms with Crippen LogP contribution in [0.5, 0.6) is 0 Å². The number of hydrogen-bond acceptors (Lipinski definition) is 3. The summed E-state index contributed by atoms with van der Waals surface area (Å²) in [5.74, 6) is -0.150. The number of para-hydroxylation sites is 1. The number of fused-ring (bicyclic) bond motifs is 1. The minimum atomic E-state index is -0.941. The molecule has 5 nitrogen and oxygen atoms in total. The molecule has 0 bridgehead atoms. The predicted molar refractivity (Wildman–Crippen MR) is 79.5 cm³/mol. The number of aryl methyl sites for hydroxylation is 2. The molecule has 0 radical (unpaired) electrons. The number of pyridine rings is 1. The number of benzene rings is 1. The first-order valence-electron chi connectivity index (χ1n) is 6.67. The van der Waals surface area contributed by atoms with Crippen molar-refractivity contribution in [2.45, 2.75) is 20.4 Å². The first-order valence-corrected chi connectivity index (χ1v) is 6.67. The molecule has 21 heavy (non-hydrogen) atoms. The lowest BCUT2D eigenvalue weighted by atomic mass is 10.1. The smallest absolute Gasteiger partial charge is 0.337 e. The predicted octanol–water partition coefficient (Wildman–Crippen LogP) is 2.79. The van der Waals surface area contributed by atoms with Crippen LogP contribution in [0.25, 0.3) is 11.0 Å². The number of carboxylic acids is 1. The quantitative estimate of drug-likeness (QED) is 0.801. The summed E-state index contributed by atoms with van der Waals surface area (Å²) in [6.45, 7) is 4.37. The standard InChI is InChI=1S/C16H15N3O2/c1-10-6-7-12(8-17-10)9-19-11(2)18-14-5-3-4-13(15(14)19)16(20)21/h3-8H,9H2,1-2H3,(H,20,21). The highest BCUT2D eigenvalue weighted by molar-refractivity contribution is 6.01. The molecule has 2 heterocycles. The lowest BCUT2D eigenvalue weighted by Crippen LogP contribution is -2.06. The molecule has 0 fully saturated rings. The number of aromatic carboxylic acids is 1. The van der Waals surface area contributed by atoms with Gasteiger partial charge in [-0.25, -0.2) is 9.78 Å². The van der Waals surface area contributed by atoms with E-state index in [9.17, 15) is 9.90 Å². The van der Waals surface area contributed by atoms with Crippen molar-refractivity contribution >= 4 is 17.0 Å². The second kappa shape index (κ2) is 5.01. The van der Waals surface area contributed by atoms with Crippen LogP contribution in [0.4, 0.5) is 0 Å². The van der Waals surface area contributed by atoms with Gasteiger partial charge in [-0.1, -0.05) is 12.1 Å². The van der Waals surface area contributed by atoms with Gasteiger partial charge in [0.1, 0.15) is 5.82 Å². The number of aromatic nitrogens is 3. The molecule has 0 atom stereocenters. The summed E-state index contributed by atoms with van der Waals surface area (Å²) in [6.07, 6.45) is 1.81. The summed E-state index contributed by atoms with van der Waals surface area (Å²) in [6, 6.07) is 9.10. The van der Waals surface area contributed by atoms with Gasteiger partial charge in [0.15, 0.2) is 0 Å². The normalized spacial score (nSPS) is 11.0. The van der Waals surface area contributed by atoms with Crippen LogP contribution in [-0.2, 0) is 6.54 Å². The average Bonchev–Trinajstić information content (AvgIpc) is 2.77. The highest BCUT2D eigenvalue weighted by Crippen LogP contribution is 2.21. The molecule has 1 aromatic carbocycles. The molecule has 0 amide bonds. The molecule has 3 rings (SSSR count). The molecule has 0 saturated carbocycles. The van der Waals surface area contributed by atoms with Crippen LogP contribution in [0.15, 0.2) is 36.5 Å². The van der Waals surface area contributed by atoms with E-state index in [0.717, 1.165) is 17.1 Å². The lowest BCUT2D eigenvalue weighted by Gasteiger charge is -2.08. The Balaban J connectivity index is 2.15. The third-order valence-corrected chi connectivity index (χ3v) is 3.50. The van der Waals surface area contributed by atoms with E-state index in [4.69, 9.17) is 0 Å². The van der Waals surface area contributed by atoms with Crippen LogP contribution in [0.2, 0.25) is 0 Å². The molecule has 2 aromatic heterocycles. The zero-order chi connectivity index (χ0) is 15.0. The maximum absolute atomic E-state index is 11.4. The van der Waals surface area contributed by atoms with Crippen molar-refractivity contribution in [3.63, 3.8) is 0 Å². The van der Waals surface area contributed by atoms with Crippen LogP contribution in [0.3, 0.4) is 0 Å². The first kappa shape index (κ1) is 13.3. The molecule has 0 unspecified atom stereocenters. The Labute approximate surface area is 121 Å². The van der Waals surface area contributed by atoms with Gasteiger partial charge < -0.3 is 9.67 Å². The third-order valence-electron chi connectivity index (χ3n) is 3.50. The van der Waals surface area contributed by atoms with Crippen molar-refractivity contribution in [3.05, 3.63) is 59.2 Å². The summed E-state index contributed by atoms with van der Waals surface area (Å²) < 4.78 is 1.92. The minimum Gasteiger partial charge on any atom is -0.478 e. The molecular weight excluding hydrogens is 266 g/mol. The number of imidazole rings is 1. The van der Waals surface area contributed by atoms with Crippen molar-refractivity contribution in [2.75, 3.05) is 0 Å². The largest absolute Gasteiger partial charge is 0.478 e. The van der Waals surface area contributed by atoms with Gasteiger partial charge in [0, 0.05) is 11.9 Å². The Hall–Kier alpha value is -2.69. The van der Waals surface area contributed by atoms with Crippen LogP contribution in [0, 0.1) is 13.8 Å². The zero-order valence-corrected chi connectivity index (χ0v) is 11.9. The van der Waals surface area contributed by atoms with E-state index in [1.165, 1.54) is 0 Å². The van der Waals surface area contributed by atoms with E-state index in [0.29, 0.717) is 17.6 Å². The molecule has 106 valence electrons. The number of carboxylic acid groups (broad SMARTS) is 1. The molecule has 0 aliphatic carbocycles. The van der Waals surface area contributed by atoms with E-state index < -0.39 is 5.97 Å². The van der Waals surface area contributed by atoms with Gasteiger partial charge in [0.2, 0.25) is 0 Å². The van der Waals surface area contributed by atoms with Gasteiger partial charge in [-0.05, 0) is 37.6 Å². The Morgan fingerprint density at radius 1 is 1.24 bits per heavy atom. The summed E-state index contributed by atoms with van der Waals surface area (Å²) in [7, 11) is 0. The second-order valence-electron chi connectivity index (χ2n) is 5.03. The van der Waals surface area contributed by atoms with Crippen LogP contribution >= 0.6 is 0 Å². The van der Waals surface area contributed by atoms with Crippen LogP contribution in [0.1, 0.15) is 27.4 Å². The topological polar surface area (TPSA) is 68.0 Å². The van der Waals surface area contributed by atoms with Crippen molar-refractivity contribution in [3.8, 4) is 0 Å². The van der Waals surface area contributed by atoms with Crippen molar-refractivity contribution in [1.29, 1.82) is 0 Å². The summed E-state index contributed by atoms with van der Waals surface area (Å²) in [4.78, 5) is 20.1. The van der Waals surface area contributed by atoms with Gasteiger partial charge in [-0.2, -0.15) is 0 Å². The minimum absolute atomic E-state index is 0.271. The summed E-state index contributed by atoms with van der Waals surface area (Å²) in [5.41, 5.74) is 3.60. The Morgan fingerprint density at radius 2 is 2.05 bits per heavy atom. The Bertz CT molecular complexity index is 819. The summed E-state index contributed by atoms with van der Waals surface area (Å²) >= 11 is 0. The Kier molecular flexibility index (Phi) is 3.17. The highest BCUT2D eigenvalue weighted by atomic mass is 16.4. The fourth-order valence-corrected chi connectivity index (χ4v) is 2.44. The van der Waals surface area contributed by atoms with E-state index in [-0.39, 0.29) is 5.56 Å². The number of carbonyl (C=O) groups is 1. The zero-order valence-electron chi connectivity index (χ0n) is 11.9. The van der Waals surface area contributed by atoms with Gasteiger partial charge >= 0.3 is 5.97 Å². The maximum Gasteiger partial charge on any atom is 0.337 e. The van der Waals surface area contributed by atoms with Gasteiger partial charge in [-0.15, -0.1) is 0 Å². The fraction of sp³-hybridized carbons (Fsp3) is 0.188. The number of nitrogens with zero attached hydrogens (tertiary/aromatic N) is 3. The van der Waals surface area contributed by atoms with Crippen LogP contribution < -0.4 is 0 Å². The average molecular weight is 281 g/mol. The number of rotatable bonds is 3. The molecule has 0 spiro atoms. The van der Waals surface area contributed by atoms with Gasteiger partial charge in [-0.3, -0.25) is 4.98 Å². The number of hydrogen-bond donors (Lipinski definition) is 1. The van der Waals surface area contributed by atoms with Crippen molar-refractivity contribution < 1.29 is 9.90 Å². The van der Waals surface area contributed by atoms with E-state index in [2.05, 4.69) is 9.97 Å². The van der Waals surface area contributed by atoms with Crippen molar-refractivity contribution in [1.82, 2.24) is 14.5 Å². The van der Waals surface area contributed by atoms with Crippen LogP contribution in [-0.4, -0.2) is 25.6 Å². The van der Waals surface area contributed by atoms with Crippen molar-refractivity contribution in [2.24, 2.45) is 0 Å². The molecule has 5 heteroatoms. The molecule has 0 saturated heterocycles. The van der Waals surface area contributed by atoms with E-state index in [1.54, 1.807) is 12.1 Å². The SMILES string of the molecule is Cc1ccc(Cn2c(C)nc3cccc(C(=O)O)c32)cn1. The van der Waals surface area contributed by atoms with E-state index in [1.807, 2.05) is 42.8 Å². The molecular formula is C16H15N3O2. The molecule has 0 aliphatic heterocycles. The first-order chi connectivity index (χ1) is 10.1. The molecule has 0 aliphatic rings. The third kappa shape index (κ3) is 2.38. The lowest BCUT2D eigenvalue weighted by molar-refractivity contribution is 0.0698. The van der Waals surface area contributed by atoms with Gasteiger partial charge in [0.25, 0.3) is 0 Å². The monoisotopic (exact) mass is 281 g/mol. The van der Waals surface area contributed by atoms with E-state index >= 15 is 0 Å². The maximum atomic E-state index is 11.4. The van der Waals surface area contributed by atoms with Gasteiger partial charge in [0.05, 0.1) is 23.1 Å². The molecule has 1 N–H and O–H groups in total.